The average Bonchev–Trinajstić information content (AvgIpc) is 2.59. The van der Waals surface area contributed by atoms with E-state index in [4.69, 9.17) is 0 Å². The van der Waals surface area contributed by atoms with Crippen LogP contribution in [0.1, 0.15) is 63.5 Å². The van der Waals surface area contributed by atoms with Crippen molar-refractivity contribution < 1.29 is 4.21 Å². The summed E-state index contributed by atoms with van der Waals surface area (Å²) in [7, 11) is -1.10. The van der Waals surface area contributed by atoms with Gasteiger partial charge in [0.05, 0.1) is 10.8 Å². The summed E-state index contributed by atoms with van der Waals surface area (Å²) in [5.74, 6) is 1.01. The summed E-state index contributed by atoms with van der Waals surface area (Å²) < 4.78 is 12.9. The van der Waals surface area contributed by atoms with E-state index in [1.165, 1.54) is 11.1 Å². The predicted octanol–water partition coefficient (Wildman–Crippen LogP) is 5.88. The van der Waals surface area contributed by atoms with Gasteiger partial charge >= 0.3 is 0 Å². The minimum absolute atomic E-state index is 0.503. The van der Waals surface area contributed by atoms with E-state index in [9.17, 15) is 4.21 Å². The molecule has 22 heavy (non-hydrogen) atoms. The molecule has 0 aliphatic carbocycles. The lowest BCUT2D eigenvalue weighted by molar-refractivity contribution is 0.681. The van der Waals surface area contributed by atoms with E-state index in [0.29, 0.717) is 11.8 Å². The molecule has 0 aliphatic heterocycles. The molecule has 2 unspecified atom stereocenters. The SMILES string of the molecule is CCC(C)c1cccc(S(=O)c2cccc(C(C)CC)c2)c1. The Kier molecular flexibility index (Phi) is 5.96. The molecule has 2 atom stereocenters. The monoisotopic (exact) mass is 314 g/mol. The number of benzene rings is 2. The first-order valence-corrected chi connectivity index (χ1v) is 9.33. The van der Waals surface area contributed by atoms with Crippen LogP contribution in [-0.4, -0.2) is 4.21 Å². The van der Waals surface area contributed by atoms with Crippen LogP contribution in [0, 0.1) is 0 Å². The molecule has 0 saturated heterocycles. The highest BCUT2D eigenvalue weighted by Gasteiger charge is 2.12. The van der Waals surface area contributed by atoms with Crippen molar-refractivity contribution in [2.45, 2.75) is 62.2 Å². The Morgan fingerprint density at radius 2 is 1.23 bits per heavy atom. The number of rotatable bonds is 6. The highest BCUT2D eigenvalue weighted by atomic mass is 32.2. The molecule has 118 valence electrons. The molecule has 1 nitrogen and oxygen atoms in total. The third-order valence-electron chi connectivity index (χ3n) is 4.51. The second kappa shape index (κ2) is 7.73. The lowest BCUT2D eigenvalue weighted by Crippen LogP contribution is -1.98. The molecule has 0 aromatic heterocycles. The van der Waals surface area contributed by atoms with E-state index >= 15 is 0 Å². The molecule has 0 fully saturated rings. The molecule has 0 spiro atoms. The van der Waals surface area contributed by atoms with Gasteiger partial charge in [-0.2, -0.15) is 0 Å². The molecule has 0 heterocycles. The fourth-order valence-electron chi connectivity index (χ4n) is 2.48. The molecule has 2 aromatic rings. The Morgan fingerprint density at radius 3 is 1.59 bits per heavy atom. The lowest BCUT2D eigenvalue weighted by atomic mass is 9.99. The van der Waals surface area contributed by atoms with Crippen LogP contribution >= 0.6 is 0 Å². The normalized spacial score (nSPS) is 15.3. The topological polar surface area (TPSA) is 17.1 Å². The summed E-state index contributed by atoms with van der Waals surface area (Å²) in [5.41, 5.74) is 2.54. The number of hydrogen-bond acceptors (Lipinski definition) is 1. The van der Waals surface area contributed by atoms with Crippen molar-refractivity contribution in [3.63, 3.8) is 0 Å². The lowest BCUT2D eigenvalue weighted by Gasteiger charge is -2.12. The predicted molar refractivity (Wildman–Crippen MR) is 95.0 cm³/mol. The quantitative estimate of drug-likeness (QED) is 0.650. The molecule has 0 bridgehead atoms. The van der Waals surface area contributed by atoms with Gasteiger partial charge in [0.1, 0.15) is 0 Å². The summed E-state index contributed by atoms with van der Waals surface area (Å²) in [6, 6.07) is 16.4. The van der Waals surface area contributed by atoms with E-state index in [-0.39, 0.29) is 0 Å². The Morgan fingerprint density at radius 1 is 0.818 bits per heavy atom. The van der Waals surface area contributed by atoms with Crippen LogP contribution in [0.5, 0.6) is 0 Å². The van der Waals surface area contributed by atoms with E-state index < -0.39 is 10.8 Å². The van der Waals surface area contributed by atoms with Gasteiger partial charge in [-0.05, 0) is 60.1 Å². The maximum atomic E-state index is 12.9. The first-order valence-electron chi connectivity index (χ1n) is 8.18. The molecule has 2 aromatic carbocycles. The van der Waals surface area contributed by atoms with Crippen molar-refractivity contribution in [1.82, 2.24) is 0 Å². The van der Waals surface area contributed by atoms with Gasteiger partial charge in [-0.3, -0.25) is 0 Å². The molecule has 2 heteroatoms. The molecular weight excluding hydrogens is 288 g/mol. The van der Waals surface area contributed by atoms with Crippen LogP contribution < -0.4 is 0 Å². The van der Waals surface area contributed by atoms with Crippen molar-refractivity contribution in [2.75, 3.05) is 0 Å². The summed E-state index contributed by atoms with van der Waals surface area (Å²) in [5, 5.41) is 0. The zero-order valence-electron chi connectivity index (χ0n) is 14.0. The van der Waals surface area contributed by atoms with Crippen LogP contribution in [0.25, 0.3) is 0 Å². The largest absolute Gasteiger partial charge is 0.249 e. The summed E-state index contributed by atoms with van der Waals surface area (Å²) in [4.78, 5) is 1.80. The van der Waals surface area contributed by atoms with E-state index in [1.807, 2.05) is 24.3 Å². The smallest absolute Gasteiger partial charge is 0.0849 e. The molecular formula is C20H26OS. The van der Waals surface area contributed by atoms with E-state index in [1.54, 1.807) is 0 Å². The number of hydrogen-bond donors (Lipinski definition) is 0. The summed E-state index contributed by atoms with van der Waals surface area (Å²) >= 11 is 0. The zero-order valence-corrected chi connectivity index (χ0v) is 14.8. The third-order valence-corrected chi connectivity index (χ3v) is 5.87. The van der Waals surface area contributed by atoms with Crippen molar-refractivity contribution >= 4 is 10.8 Å². The molecule has 0 N–H and O–H groups in total. The Hall–Kier alpha value is -1.41. The highest BCUT2D eigenvalue weighted by Crippen LogP contribution is 2.26. The minimum Gasteiger partial charge on any atom is -0.249 e. The zero-order chi connectivity index (χ0) is 16.1. The average molecular weight is 314 g/mol. The second-order valence-electron chi connectivity index (χ2n) is 6.03. The first kappa shape index (κ1) is 17.0. The van der Waals surface area contributed by atoms with Gasteiger partial charge in [0.25, 0.3) is 0 Å². The summed E-state index contributed by atoms with van der Waals surface area (Å²) in [6.45, 7) is 8.80. The van der Waals surface area contributed by atoms with Crippen LogP contribution in [0.4, 0.5) is 0 Å². The van der Waals surface area contributed by atoms with Gasteiger partial charge in [0.15, 0.2) is 0 Å². The molecule has 0 aliphatic rings. The highest BCUT2D eigenvalue weighted by molar-refractivity contribution is 7.85. The van der Waals surface area contributed by atoms with Crippen molar-refractivity contribution in [3.05, 3.63) is 59.7 Å². The fourth-order valence-corrected chi connectivity index (χ4v) is 3.64. The first-order chi connectivity index (χ1) is 10.6. The Bertz CT molecular complexity index is 592. The third kappa shape index (κ3) is 3.86. The molecule has 0 saturated carbocycles. The maximum absolute atomic E-state index is 12.9. The summed E-state index contributed by atoms with van der Waals surface area (Å²) in [6.07, 6.45) is 2.19. The Labute approximate surface area is 137 Å². The standard InChI is InChI=1S/C20H26OS/c1-5-15(3)17-9-7-11-19(13-17)22(21)20-12-8-10-18(14-20)16(4)6-2/h7-16H,5-6H2,1-4H3. The minimum atomic E-state index is -1.10. The Balaban J connectivity index is 2.32. The van der Waals surface area contributed by atoms with E-state index in [0.717, 1.165) is 22.6 Å². The maximum Gasteiger partial charge on any atom is 0.0849 e. The van der Waals surface area contributed by atoms with Gasteiger partial charge < -0.3 is 0 Å². The van der Waals surface area contributed by atoms with Gasteiger partial charge in [-0.25, -0.2) is 4.21 Å². The second-order valence-corrected chi connectivity index (χ2v) is 7.51. The molecule has 0 radical (unpaired) electrons. The van der Waals surface area contributed by atoms with Gasteiger partial charge in [0, 0.05) is 9.79 Å². The van der Waals surface area contributed by atoms with Gasteiger partial charge in [0.2, 0.25) is 0 Å². The fraction of sp³-hybridized carbons (Fsp3) is 0.400. The van der Waals surface area contributed by atoms with Crippen molar-refractivity contribution in [2.24, 2.45) is 0 Å². The van der Waals surface area contributed by atoms with Gasteiger partial charge in [-0.15, -0.1) is 0 Å². The molecule has 2 rings (SSSR count). The van der Waals surface area contributed by atoms with Crippen LogP contribution in [0.2, 0.25) is 0 Å². The van der Waals surface area contributed by atoms with E-state index in [2.05, 4.69) is 52.0 Å². The van der Waals surface area contributed by atoms with Crippen LogP contribution in [0.3, 0.4) is 0 Å². The van der Waals surface area contributed by atoms with Gasteiger partial charge in [-0.1, -0.05) is 52.0 Å². The van der Waals surface area contributed by atoms with Crippen molar-refractivity contribution in [3.8, 4) is 0 Å². The van der Waals surface area contributed by atoms with Crippen molar-refractivity contribution in [1.29, 1.82) is 0 Å². The molecule has 0 amide bonds. The van der Waals surface area contributed by atoms with Crippen LogP contribution in [0.15, 0.2) is 58.3 Å². The van der Waals surface area contributed by atoms with Crippen LogP contribution in [-0.2, 0) is 10.8 Å².